The van der Waals surface area contributed by atoms with E-state index in [0.29, 0.717) is 0 Å². The number of ether oxygens (including phenoxy) is 1. The van der Waals surface area contributed by atoms with Crippen LogP contribution in [0.5, 0.6) is 0 Å². The van der Waals surface area contributed by atoms with Crippen LogP contribution >= 0.6 is 0 Å². The van der Waals surface area contributed by atoms with Crippen molar-refractivity contribution < 1.29 is 4.74 Å². The first kappa shape index (κ1) is 13.8. The summed E-state index contributed by atoms with van der Waals surface area (Å²) in [7, 11) is 1.83. The summed E-state index contributed by atoms with van der Waals surface area (Å²) in [6.45, 7) is 5.21. The molecule has 1 N–H and O–H groups in total. The molecule has 3 rings (SSSR count). The number of hydrogen-bond donors (Lipinski definition) is 1. The van der Waals surface area contributed by atoms with Crippen molar-refractivity contribution in [3.8, 4) is 0 Å². The van der Waals surface area contributed by atoms with E-state index < -0.39 is 0 Å². The smallest absolute Gasteiger partial charge is 0.0825 e. The summed E-state index contributed by atoms with van der Waals surface area (Å²) in [4.78, 5) is 6.75. The monoisotopic (exact) mass is 275 g/mol. The maximum Gasteiger partial charge on any atom is 0.0825 e. The van der Waals surface area contributed by atoms with Gasteiger partial charge in [0.1, 0.15) is 0 Å². The SMILES string of the molecule is COC1(C)CCCN(c2ccncc2CNC2CC2)C1. The van der Waals surface area contributed by atoms with E-state index in [2.05, 4.69) is 28.2 Å². The molecule has 1 aromatic rings. The molecule has 2 heterocycles. The Morgan fingerprint density at radius 3 is 3.10 bits per heavy atom. The van der Waals surface area contributed by atoms with Gasteiger partial charge in [-0.05, 0) is 38.7 Å². The van der Waals surface area contributed by atoms with Crippen LogP contribution in [0.25, 0.3) is 0 Å². The van der Waals surface area contributed by atoms with E-state index in [9.17, 15) is 0 Å². The van der Waals surface area contributed by atoms with E-state index in [4.69, 9.17) is 4.74 Å². The van der Waals surface area contributed by atoms with Crippen LogP contribution in [0.3, 0.4) is 0 Å². The summed E-state index contributed by atoms with van der Waals surface area (Å²) in [5.41, 5.74) is 2.60. The molecule has 2 aliphatic rings. The highest BCUT2D eigenvalue weighted by Crippen LogP contribution is 2.30. The molecular weight excluding hydrogens is 250 g/mol. The first-order chi connectivity index (χ1) is 9.70. The lowest BCUT2D eigenvalue weighted by atomic mass is 9.94. The number of rotatable bonds is 5. The van der Waals surface area contributed by atoms with Gasteiger partial charge in [-0.2, -0.15) is 0 Å². The van der Waals surface area contributed by atoms with Gasteiger partial charge in [0.2, 0.25) is 0 Å². The molecule has 0 radical (unpaired) electrons. The van der Waals surface area contributed by atoms with E-state index in [0.717, 1.165) is 32.1 Å². The van der Waals surface area contributed by atoms with Crippen LogP contribution < -0.4 is 10.2 Å². The highest BCUT2D eigenvalue weighted by atomic mass is 16.5. The summed E-state index contributed by atoms with van der Waals surface area (Å²) < 4.78 is 5.71. The largest absolute Gasteiger partial charge is 0.377 e. The minimum atomic E-state index is -0.0251. The van der Waals surface area contributed by atoms with E-state index in [-0.39, 0.29) is 5.60 Å². The molecule has 1 aliphatic carbocycles. The highest BCUT2D eigenvalue weighted by molar-refractivity contribution is 5.53. The summed E-state index contributed by atoms with van der Waals surface area (Å²) in [5.74, 6) is 0. The lowest BCUT2D eigenvalue weighted by Gasteiger charge is -2.41. The van der Waals surface area contributed by atoms with Crippen LogP contribution in [0.1, 0.15) is 38.2 Å². The standard InChI is InChI=1S/C16H25N3O/c1-16(20-2)7-3-9-19(12-16)15-6-8-17-10-13(15)11-18-14-4-5-14/h6,8,10,14,18H,3-5,7,9,11-12H2,1-2H3. The molecule has 1 atom stereocenters. The van der Waals surface area contributed by atoms with Gasteiger partial charge >= 0.3 is 0 Å². The molecular formula is C16H25N3O. The summed E-state index contributed by atoms with van der Waals surface area (Å²) in [6.07, 6.45) is 8.86. The molecule has 1 aliphatic heterocycles. The Balaban J connectivity index is 1.74. The molecule has 1 aromatic heterocycles. The van der Waals surface area contributed by atoms with Gasteiger partial charge < -0.3 is 15.0 Å². The molecule has 1 unspecified atom stereocenters. The van der Waals surface area contributed by atoms with Crippen molar-refractivity contribution in [2.24, 2.45) is 0 Å². The fraction of sp³-hybridized carbons (Fsp3) is 0.688. The molecule has 0 aromatic carbocycles. The van der Waals surface area contributed by atoms with Crippen molar-refractivity contribution in [3.05, 3.63) is 24.0 Å². The van der Waals surface area contributed by atoms with Crippen LogP contribution in [0.4, 0.5) is 5.69 Å². The topological polar surface area (TPSA) is 37.4 Å². The third kappa shape index (κ3) is 3.13. The van der Waals surface area contributed by atoms with Crippen molar-refractivity contribution in [2.45, 2.75) is 50.8 Å². The van der Waals surface area contributed by atoms with E-state index >= 15 is 0 Å². The molecule has 0 bridgehead atoms. The van der Waals surface area contributed by atoms with Crippen molar-refractivity contribution in [1.29, 1.82) is 0 Å². The van der Waals surface area contributed by atoms with Crippen molar-refractivity contribution in [1.82, 2.24) is 10.3 Å². The maximum atomic E-state index is 5.71. The highest BCUT2D eigenvalue weighted by Gasteiger charge is 2.31. The number of hydrogen-bond acceptors (Lipinski definition) is 4. The van der Waals surface area contributed by atoms with Crippen LogP contribution in [0.15, 0.2) is 18.5 Å². The second-order valence-electron chi connectivity index (χ2n) is 6.34. The maximum absolute atomic E-state index is 5.71. The second-order valence-corrected chi connectivity index (χ2v) is 6.34. The average molecular weight is 275 g/mol. The van der Waals surface area contributed by atoms with Crippen LogP contribution in [0.2, 0.25) is 0 Å². The van der Waals surface area contributed by atoms with Gasteiger partial charge in [0.25, 0.3) is 0 Å². The Labute approximate surface area is 121 Å². The number of piperidine rings is 1. The first-order valence-corrected chi connectivity index (χ1v) is 7.66. The van der Waals surface area contributed by atoms with Gasteiger partial charge in [-0.15, -0.1) is 0 Å². The fourth-order valence-electron chi connectivity index (χ4n) is 2.98. The zero-order valence-electron chi connectivity index (χ0n) is 12.6. The minimum Gasteiger partial charge on any atom is -0.377 e. The molecule has 2 fully saturated rings. The van der Waals surface area contributed by atoms with Crippen molar-refractivity contribution in [3.63, 3.8) is 0 Å². The quantitative estimate of drug-likeness (QED) is 0.895. The molecule has 4 heteroatoms. The molecule has 0 spiro atoms. The van der Waals surface area contributed by atoms with E-state index in [1.165, 1.54) is 30.5 Å². The summed E-state index contributed by atoms with van der Waals surface area (Å²) >= 11 is 0. The lowest BCUT2D eigenvalue weighted by Crippen LogP contribution is -2.47. The van der Waals surface area contributed by atoms with Gasteiger partial charge in [0, 0.05) is 56.4 Å². The normalized spacial score (nSPS) is 26.8. The van der Waals surface area contributed by atoms with E-state index in [1.54, 1.807) is 0 Å². The molecule has 20 heavy (non-hydrogen) atoms. The number of aromatic nitrogens is 1. The predicted octanol–water partition coefficient (Wildman–Crippen LogP) is 2.34. The van der Waals surface area contributed by atoms with Gasteiger partial charge in [0.05, 0.1) is 5.60 Å². The third-order valence-corrected chi connectivity index (χ3v) is 4.53. The number of methoxy groups -OCH3 is 1. The minimum absolute atomic E-state index is 0.0251. The van der Waals surface area contributed by atoms with E-state index in [1.807, 2.05) is 19.5 Å². The van der Waals surface area contributed by atoms with Crippen LogP contribution in [-0.2, 0) is 11.3 Å². The summed E-state index contributed by atoms with van der Waals surface area (Å²) in [5, 5.41) is 3.59. The summed E-state index contributed by atoms with van der Waals surface area (Å²) in [6, 6.07) is 2.87. The zero-order valence-corrected chi connectivity index (χ0v) is 12.6. The van der Waals surface area contributed by atoms with Gasteiger partial charge in [-0.1, -0.05) is 0 Å². The Morgan fingerprint density at radius 1 is 1.50 bits per heavy atom. The molecule has 1 saturated heterocycles. The Morgan fingerprint density at radius 2 is 2.35 bits per heavy atom. The van der Waals surface area contributed by atoms with Gasteiger partial charge in [-0.25, -0.2) is 0 Å². The Kier molecular flexibility index (Phi) is 3.94. The average Bonchev–Trinajstić information content (AvgIpc) is 3.30. The number of nitrogens with zero attached hydrogens (tertiary/aromatic N) is 2. The van der Waals surface area contributed by atoms with Gasteiger partial charge in [-0.3, -0.25) is 4.98 Å². The second kappa shape index (κ2) is 5.70. The van der Waals surface area contributed by atoms with Crippen molar-refractivity contribution >= 4 is 5.69 Å². The molecule has 0 amide bonds. The van der Waals surface area contributed by atoms with Crippen LogP contribution in [0, 0.1) is 0 Å². The zero-order chi connectivity index (χ0) is 14.0. The van der Waals surface area contributed by atoms with Crippen molar-refractivity contribution in [2.75, 3.05) is 25.1 Å². The number of pyridine rings is 1. The number of anilines is 1. The van der Waals surface area contributed by atoms with Gasteiger partial charge in [0.15, 0.2) is 0 Å². The number of nitrogens with one attached hydrogen (secondary N) is 1. The lowest BCUT2D eigenvalue weighted by molar-refractivity contribution is -0.00468. The Bertz CT molecular complexity index is 461. The Hall–Kier alpha value is -1.13. The predicted molar refractivity (Wildman–Crippen MR) is 81.0 cm³/mol. The van der Waals surface area contributed by atoms with Crippen LogP contribution in [-0.4, -0.2) is 36.8 Å². The molecule has 1 saturated carbocycles. The molecule has 110 valence electrons. The molecule has 4 nitrogen and oxygen atoms in total. The first-order valence-electron chi connectivity index (χ1n) is 7.66. The fourth-order valence-corrected chi connectivity index (χ4v) is 2.98. The third-order valence-electron chi connectivity index (χ3n) is 4.53.